The molecule has 1 atom stereocenters. The van der Waals surface area contributed by atoms with Crippen molar-refractivity contribution < 1.29 is 4.79 Å². The van der Waals surface area contributed by atoms with Crippen LogP contribution in [-0.4, -0.2) is 27.3 Å². The molecule has 1 aliphatic rings. The average molecular weight is 293 g/mol. The summed E-state index contributed by atoms with van der Waals surface area (Å²) in [5, 5.41) is 1.08. The number of rotatable bonds is 1. The van der Waals surface area contributed by atoms with E-state index in [0.29, 0.717) is 5.69 Å². The highest BCUT2D eigenvalue weighted by Crippen LogP contribution is 2.25. The van der Waals surface area contributed by atoms with Gasteiger partial charge in [-0.2, -0.15) is 0 Å². The maximum Gasteiger partial charge on any atom is 0.271 e. The van der Waals surface area contributed by atoms with Crippen LogP contribution in [0.1, 0.15) is 23.3 Å². The Bertz CT molecular complexity index is 530. The molecule has 3 nitrogen and oxygen atoms in total. The van der Waals surface area contributed by atoms with Crippen LogP contribution in [0, 0.1) is 0 Å². The van der Waals surface area contributed by atoms with Crippen molar-refractivity contribution in [2.75, 3.05) is 6.54 Å². The Labute approximate surface area is 108 Å². The van der Waals surface area contributed by atoms with Crippen molar-refractivity contribution in [2.24, 2.45) is 0 Å². The number of nitrogens with one attached hydrogen (secondary N) is 1. The van der Waals surface area contributed by atoms with E-state index in [1.54, 1.807) is 0 Å². The summed E-state index contributed by atoms with van der Waals surface area (Å²) in [7, 11) is 0. The molecule has 4 heteroatoms. The fourth-order valence-corrected chi connectivity index (χ4v) is 3.01. The number of benzene rings is 1. The lowest BCUT2D eigenvalue weighted by Gasteiger charge is -2.18. The highest BCUT2D eigenvalue weighted by atomic mass is 79.9. The number of carbonyl (C=O) groups excluding carboxylic acids is 1. The molecule has 88 valence electrons. The highest BCUT2D eigenvalue weighted by molar-refractivity contribution is 9.09. The molecule has 1 N–H and O–H groups in total. The number of hydrogen-bond donors (Lipinski definition) is 1. The number of amides is 1. The number of likely N-dealkylation sites (tertiary alicyclic amines) is 1. The van der Waals surface area contributed by atoms with Crippen LogP contribution in [0.25, 0.3) is 10.9 Å². The molecule has 1 aliphatic heterocycles. The van der Waals surface area contributed by atoms with Gasteiger partial charge in [0.2, 0.25) is 0 Å². The van der Waals surface area contributed by atoms with Gasteiger partial charge in [-0.3, -0.25) is 4.79 Å². The van der Waals surface area contributed by atoms with Gasteiger partial charge in [0, 0.05) is 17.4 Å². The summed E-state index contributed by atoms with van der Waals surface area (Å²) >= 11 is 3.54. The van der Waals surface area contributed by atoms with Crippen LogP contribution in [0.5, 0.6) is 0 Å². The topological polar surface area (TPSA) is 36.1 Å². The van der Waals surface area contributed by atoms with Crippen molar-refractivity contribution in [1.29, 1.82) is 0 Å². The minimum atomic E-state index is 0.0839. The number of aromatic nitrogens is 1. The second kappa shape index (κ2) is 4.18. The molecule has 0 aliphatic carbocycles. The molecule has 0 bridgehead atoms. The first-order chi connectivity index (χ1) is 8.25. The summed E-state index contributed by atoms with van der Waals surface area (Å²) in [5.41, 5.74) is 1.69. The predicted octanol–water partition coefficient (Wildman–Crippen LogP) is 3.12. The van der Waals surface area contributed by atoms with Crippen molar-refractivity contribution in [1.82, 2.24) is 9.88 Å². The summed E-state index contributed by atoms with van der Waals surface area (Å²) in [4.78, 5) is 17.5. The van der Waals surface area contributed by atoms with E-state index in [4.69, 9.17) is 0 Å². The zero-order valence-corrected chi connectivity index (χ0v) is 10.9. The fourth-order valence-electron chi connectivity index (χ4n) is 2.30. The Balaban J connectivity index is 1.95. The van der Waals surface area contributed by atoms with Gasteiger partial charge in [0.25, 0.3) is 5.91 Å². The lowest BCUT2D eigenvalue weighted by Crippen LogP contribution is -2.32. The molecular formula is C13H13BrN2O. The van der Waals surface area contributed by atoms with E-state index in [2.05, 4.69) is 20.9 Å². The molecule has 2 heterocycles. The minimum Gasteiger partial charge on any atom is -0.351 e. The first-order valence-corrected chi connectivity index (χ1v) is 6.70. The van der Waals surface area contributed by atoms with Crippen molar-refractivity contribution in [3.8, 4) is 0 Å². The summed E-state index contributed by atoms with van der Waals surface area (Å²) in [6, 6.07) is 9.87. The molecule has 1 unspecified atom stereocenters. The quantitative estimate of drug-likeness (QED) is 0.636. The third-order valence-corrected chi connectivity index (χ3v) is 4.15. The predicted molar refractivity (Wildman–Crippen MR) is 71.3 cm³/mol. The Morgan fingerprint density at radius 2 is 2.24 bits per heavy atom. The molecule has 0 spiro atoms. The first kappa shape index (κ1) is 10.8. The van der Waals surface area contributed by atoms with Crippen molar-refractivity contribution in [2.45, 2.75) is 17.8 Å². The third-order valence-electron chi connectivity index (χ3n) is 3.20. The molecule has 17 heavy (non-hydrogen) atoms. The number of aromatic amines is 1. The van der Waals surface area contributed by atoms with Crippen LogP contribution in [0.2, 0.25) is 0 Å². The molecule has 1 aromatic heterocycles. The van der Waals surface area contributed by atoms with E-state index < -0.39 is 0 Å². The smallest absolute Gasteiger partial charge is 0.271 e. The van der Waals surface area contributed by atoms with E-state index in [1.807, 2.05) is 35.2 Å². The van der Waals surface area contributed by atoms with Crippen molar-refractivity contribution in [3.63, 3.8) is 0 Å². The molecule has 2 aromatic rings. The van der Waals surface area contributed by atoms with E-state index >= 15 is 0 Å². The van der Waals surface area contributed by atoms with E-state index in [1.165, 1.54) is 0 Å². The lowest BCUT2D eigenvalue weighted by atomic mass is 10.2. The SMILES string of the molecule is O=C(c1cc2ccccc2[nH]1)N1CCCC1Br. The highest BCUT2D eigenvalue weighted by Gasteiger charge is 2.28. The number of nitrogens with zero attached hydrogens (tertiary/aromatic N) is 1. The van der Waals surface area contributed by atoms with Crippen molar-refractivity contribution >= 4 is 32.7 Å². The Hall–Kier alpha value is -1.29. The molecule has 0 saturated carbocycles. The normalized spacial score (nSPS) is 20.1. The molecule has 0 radical (unpaired) electrons. The van der Waals surface area contributed by atoms with E-state index in [9.17, 15) is 4.79 Å². The van der Waals surface area contributed by atoms with Gasteiger partial charge < -0.3 is 9.88 Å². The first-order valence-electron chi connectivity index (χ1n) is 5.78. The van der Waals surface area contributed by atoms with Crippen LogP contribution in [0.4, 0.5) is 0 Å². The van der Waals surface area contributed by atoms with E-state index in [-0.39, 0.29) is 10.9 Å². The van der Waals surface area contributed by atoms with Gasteiger partial charge in [0.05, 0.1) is 4.95 Å². The number of halogens is 1. The minimum absolute atomic E-state index is 0.0839. The van der Waals surface area contributed by atoms with Gasteiger partial charge in [0.1, 0.15) is 5.69 Å². The monoisotopic (exact) mass is 292 g/mol. The summed E-state index contributed by atoms with van der Waals surface area (Å²) in [5.74, 6) is 0.0839. The van der Waals surface area contributed by atoms with Gasteiger partial charge in [-0.15, -0.1) is 0 Å². The van der Waals surface area contributed by atoms with Gasteiger partial charge >= 0.3 is 0 Å². The number of alkyl halides is 1. The van der Waals surface area contributed by atoms with Gasteiger partial charge in [-0.1, -0.05) is 34.1 Å². The third kappa shape index (κ3) is 1.86. The number of para-hydroxylation sites is 1. The number of fused-ring (bicyclic) bond motifs is 1. The summed E-state index contributed by atoms with van der Waals surface area (Å²) in [6.45, 7) is 0.837. The molecule has 1 fully saturated rings. The Kier molecular flexibility index (Phi) is 2.67. The standard InChI is InChI=1S/C13H13BrN2O/c14-12-6-3-7-16(12)13(17)11-8-9-4-1-2-5-10(9)15-11/h1-2,4-5,8,12,15H,3,6-7H2. The summed E-state index contributed by atoms with van der Waals surface area (Å²) < 4.78 is 0. The van der Waals surface area contributed by atoms with Crippen LogP contribution < -0.4 is 0 Å². The molecule has 1 saturated heterocycles. The van der Waals surface area contributed by atoms with Crippen LogP contribution in [0.15, 0.2) is 30.3 Å². The van der Waals surface area contributed by atoms with Gasteiger partial charge in [-0.05, 0) is 25.0 Å². The summed E-state index contributed by atoms with van der Waals surface area (Å²) in [6.07, 6.45) is 2.11. The molecule has 1 aromatic carbocycles. The number of H-pyrrole nitrogens is 1. The second-order valence-corrected chi connectivity index (χ2v) is 5.40. The van der Waals surface area contributed by atoms with E-state index in [0.717, 1.165) is 30.3 Å². The lowest BCUT2D eigenvalue weighted by molar-refractivity contribution is 0.0777. The molecule has 1 amide bonds. The molecular weight excluding hydrogens is 280 g/mol. The number of carbonyl (C=O) groups is 1. The zero-order chi connectivity index (χ0) is 11.8. The van der Waals surface area contributed by atoms with Crippen LogP contribution in [0.3, 0.4) is 0 Å². The maximum atomic E-state index is 12.3. The van der Waals surface area contributed by atoms with Crippen LogP contribution >= 0.6 is 15.9 Å². The van der Waals surface area contributed by atoms with Crippen LogP contribution in [-0.2, 0) is 0 Å². The average Bonchev–Trinajstić information content (AvgIpc) is 2.93. The Morgan fingerprint density at radius 1 is 1.41 bits per heavy atom. The molecule has 3 rings (SSSR count). The van der Waals surface area contributed by atoms with Gasteiger partial charge in [0.15, 0.2) is 0 Å². The number of hydrogen-bond acceptors (Lipinski definition) is 1. The van der Waals surface area contributed by atoms with Crippen molar-refractivity contribution in [3.05, 3.63) is 36.0 Å². The second-order valence-electron chi connectivity index (χ2n) is 4.35. The van der Waals surface area contributed by atoms with Gasteiger partial charge in [-0.25, -0.2) is 0 Å². The Morgan fingerprint density at radius 3 is 2.94 bits per heavy atom. The largest absolute Gasteiger partial charge is 0.351 e. The maximum absolute atomic E-state index is 12.3. The zero-order valence-electron chi connectivity index (χ0n) is 9.32. The fraction of sp³-hybridized carbons (Fsp3) is 0.308.